The van der Waals surface area contributed by atoms with Crippen molar-refractivity contribution in [3.63, 3.8) is 0 Å². The van der Waals surface area contributed by atoms with Crippen molar-refractivity contribution in [1.82, 2.24) is 0 Å². The van der Waals surface area contributed by atoms with E-state index < -0.39 is 23.0 Å². The Kier molecular flexibility index (Phi) is 4.12. The second-order valence-electron chi connectivity index (χ2n) is 4.66. The van der Waals surface area contributed by atoms with Crippen LogP contribution in [0.25, 0.3) is 0 Å². The van der Waals surface area contributed by atoms with Crippen LogP contribution in [0.15, 0.2) is 24.3 Å². The van der Waals surface area contributed by atoms with Crippen molar-refractivity contribution in [3.8, 4) is 28.7 Å². The van der Waals surface area contributed by atoms with Crippen LogP contribution in [0.3, 0.4) is 0 Å². The Balaban J connectivity index is 2.57. The monoisotopic (exact) mass is 304 g/mol. The van der Waals surface area contributed by atoms with E-state index in [0.29, 0.717) is 11.5 Å². The van der Waals surface area contributed by atoms with Crippen molar-refractivity contribution < 1.29 is 29.6 Å². The number of hydrogen-bond acceptors (Lipinski definition) is 6. The number of phenols is 3. The number of benzene rings is 2. The van der Waals surface area contributed by atoms with Gasteiger partial charge >= 0.3 is 0 Å². The number of methoxy groups -OCH3 is 2. The Labute approximate surface area is 127 Å². The first-order chi connectivity index (χ1) is 10.4. The molecule has 0 spiro atoms. The molecule has 6 nitrogen and oxygen atoms in total. The molecule has 116 valence electrons. The van der Waals surface area contributed by atoms with E-state index in [1.165, 1.54) is 32.4 Å². The number of rotatable bonds is 4. The lowest BCUT2D eigenvalue weighted by Crippen LogP contribution is -2.04. The van der Waals surface area contributed by atoms with E-state index in [2.05, 4.69) is 0 Å². The van der Waals surface area contributed by atoms with Crippen molar-refractivity contribution in [2.24, 2.45) is 0 Å². The molecule has 0 fully saturated rings. The van der Waals surface area contributed by atoms with Crippen molar-refractivity contribution >= 4 is 5.78 Å². The summed E-state index contributed by atoms with van der Waals surface area (Å²) in [5.74, 6) is -1.53. The van der Waals surface area contributed by atoms with Gasteiger partial charge in [-0.2, -0.15) is 0 Å². The van der Waals surface area contributed by atoms with Crippen LogP contribution in [-0.2, 0) is 0 Å². The maximum atomic E-state index is 12.5. The molecular weight excluding hydrogens is 288 g/mol. The first-order valence-electron chi connectivity index (χ1n) is 6.42. The van der Waals surface area contributed by atoms with Gasteiger partial charge in [-0.15, -0.1) is 0 Å². The number of ketones is 1. The van der Waals surface area contributed by atoms with E-state index in [1.54, 1.807) is 6.92 Å². The molecule has 0 aromatic heterocycles. The zero-order chi connectivity index (χ0) is 16.4. The summed E-state index contributed by atoms with van der Waals surface area (Å²) in [7, 11) is 2.94. The van der Waals surface area contributed by atoms with Gasteiger partial charge in [-0.1, -0.05) is 0 Å². The maximum absolute atomic E-state index is 12.5. The molecule has 22 heavy (non-hydrogen) atoms. The Morgan fingerprint density at radius 3 is 2.00 bits per heavy atom. The Bertz CT molecular complexity index is 711. The minimum atomic E-state index is -0.739. The normalized spacial score (nSPS) is 10.3. The Morgan fingerprint density at radius 1 is 0.955 bits per heavy atom. The molecule has 0 aliphatic carbocycles. The maximum Gasteiger partial charge on any atom is 0.201 e. The van der Waals surface area contributed by atoms with Gasteiger partial charge in [0.2, 0.25) is 5.75 Å². The topological polar surface area (TPSA) is 96.2 Å². The smallest absolute Gasteiger partial charge is 0.201 e. The summed E-state index contributed by atoms with van der Waals surface area (Å²) in [5, 5.41) is 28.7. The molecular formula is C16H16O6. The van der Waals surface area contributed by atoms with Gasteiger partial charge in [-0.3, -0.25) is 4.79 Å². The first-order valence-corrected chi connectivity index (χ1v) is 6.42. The molecule has 2 aromatic rings. The van der Waals surface area contributed by atoms with E-state index in [9.17, 15) is 20.1 Å². The van der Waals surface area contributed by atoms with E-state index >= 15 is 0 Å². The highest BCUT2D eigenvalue weighted by Gasteiger charge is 2.21. The van der Waals surface area contributed by atoms with Crippen molar-refractivity contribution in [1.29, 1.82) is 0 Å². The highest BCUT2D eigenvalue weighted by molar-refractivity contribution is 6.11. The van der Waals surface area contributed by atoms with Crippen LogP contribution in [0, 0.1) is 6.92 Å². The lowest BCUT2D eigenvalue weighted by atomic mass is 9.99. The van der Waals surface area contributed by atoms with Gasteiger partial charge in [0.1, 0.15) is 11.5 Å². The summed E-state index contributed by atoms with van der Waals surface area (Å²) >= 11 is 0. The standard InChI is InChI=1S/C16H16O6/c1-8-12(21-2)6-9(7-13(8)22-3)14(18)10-4-5-11(17)16(20)15(10)19/h4-7,17,19-20H,1-3H3. The summed E-state index contributed by atoms with van der Waals surface area (Å²) in [4.78, 5) is 12.5. The molecule has 0 aliphatic heterocycles. The summed E-state index contributed by atoms with van der Waals surface area (Å²) in [6.45, 7) is 1.79. The molecule has 0 amide bonds. The predicted octanol–water partition coefficient (Wildman–Crippen LogP) is 2.36. The van der Waals surface area contributed by atoms with Gasteiger partial charge in [0.15, 0.2) is 17.3 Å². The van der Waals surface area contributed by atoms with Crippen LogP contribution >= 0.6 is 0 Å². The fourth-order valence-corrected chi connectivity index (χ4v) is 2.12. The SMILES string of the molecule is COc1cc(C(=O)c2ccc(O)c(O)c2O)cc(OC)c1C. The molecule has 0 atom stereocenters. The molecule has 0 aliphatic rings. The number of phenolic OH excluding ortho intramolecular Hbond substituents is 3. The summed E-state index contributed by atoms with van der Waals surface area (Å²) in [5.41, 5.74) is 0.822. The minimum Gasteiger partial charge on any atom is -0.504 e. The predicted molar refractivity (Wildman–Crippen MR) is 79.2 cm³/mol. The van der Waals surface area contributed by atoms with Gasteiger partial charge in [0, 0.05) is 11.1 Å². The molecule has 0 radical (unpaired) electrons. The minimum absolute atomic E-state index is 0.136. The summed E-state index contributed by atoms with van der Waals surface area (Å²) in [6.07, 6.45) is 0. The van der Waals surface area contributed by atoms with E-state index in [0.717, 1.165) is 11.6 Å². The Morgan fingerprint density at radius 2 is 1.50 bits per heavy atom. The van der Waals surface area contributed by atoms with Crippen molar-refractivity contribution in [2.45, 2.75) is 6.92 Å². The van der Waals surface area contributed by atoms with E-state index in [1.807, 2.05) is 0 Å². The quantitative estimate of drug-likeness (QED) is 0.593. The third kappa shape index (κ3) is 2.50. The first kappa shape index (κ1) is 15.5. The van der Waals surface area contributed by atoms with Crippen LogP contribution in [0.2, 0.25) is 0 Å². The number of aromatic hydroxyl groups is 3. The van der Waals surface area contributed by atoms with E-state index in [4.69, 9.17) is 9.47 Å². The summed E-state index contributed by atoms with van der Waals surface area (Å²) < 4.78 is 10.4. The Hall–Kier alpha value is -2.89. The van der Waals surface area contributed by atoms with Crippen LogP contribution in [0.5, 0.6) is 28.7 Å². The van der Waals surface area contributed by atoms with Crippen LogP contribution < -0.4 is 9.47 Å². The molecule has 3 N–H and O–H groups in total. The number of carbonyl (C=O) groups excluding carboxylic acids is 1. The third-order valence-electron chi connectivity index (χ3n) is 3.39. The fourth-order valence-electron chi connectivity index (χ4n) is 2.12. The molecule has 6 heteroatoms. The third-order valence-corrected chi connectivity index (χ3v) is 3.39. The van der Waals surface area contributed by atoms with Gasteiger partial charge in [-0.05, 0) is 31.2 Å². The van der Waals surface area contributed by atoms with Gasteiger partial charge in [-0.25, -0.2) is 0 Å². The van der Waals surface area contributed by atoms with Gasteiger partial charge < -0.3 is 24.8 Å². The van der Waals surface area contributed by atoms with Gasteiger partial charge in [0.05, 0.1) is 19.8 Å². The second kappa shape index (κ2) is 5.85. The van der Waals surface area contributed by atoms with Gasteiger partial charge in [0.25, 0.3) is 0 Å². The molecule has 0 heterocycles. The molecule has 2 rings (SSSR count). The summed E-state index contributed by atoms with van der Waals surface area (Å²) in [6, 6.07) is 5.39. The lowest BCUT2D eigenvalue weighted by molar-refractivity contribution is 0.103. The zero-order valence-electron chi connectivity index (χ0n) is 12.4. The van der Waals surface area contributed by atoms with Crippen molar-refractivity contribution in [3.05, 3.63) is 41.0 Å². The molecule has 0 saturated heterocycles. The lowest BCUT2D eigenvalue weighted by Gasteiger charge is -2.13. The molecule has 0 saturated carbocycles. The second-order valence-corrected chi connectivity index (χ2v) is 4.66. The fraction of sp³-hybridized carbons (Fsp3) is 0.188. The zero-order valence-corrected chi connectivity index (χ0v) is 12.4. The van der Waals surface area contributed by atoms with Crippen LogP contribution in [0.1, 0.15) is 21.5 Å². The number of hydrogen-bond donors (Lipinski definition) is 3. The van der Waals surface area contributed by atoms with Crippen molar-refractivity contribution in [2.75, 3.05) is 14.2 Å². The van der Waals surface area contributed by atoms with Crippen LogP contribution in [0.4, 0.5) is 0 Å². The largest absolute Gasteiger partial charge is 0.504 e. The van der Waals surface area contributed by atoms with Crippen LogP contribution in [-0.4, -0.2) is 35.3 Å². The highest BCUT2D eigenvalue weighted by atomic mass is 16.5. The highest BCUT2D eigenvalue weighted by Crippen LogP contribution is 2.39. The average Bonchev–Trinajstić information content (AvgIpc) is 2.52. The molecule has 0 bridgehead atoms. The average molecular weight is 304 g/mol. The van der Waals surface area contributed by atoms with E-state index in [-0.39, 0.29) is 11.1 Å². The number of ether oxygens (including phenoxy) is 2. The molecule has 2 aromatic carbocycles. The number of carbonyl (C=O) groups is 1. The molecule has 0 unspecified atom stereocenters.